The predicted octanol–water partition coefficient (Wildman–Crippen LogP) is 4.18. The van der Waals surface area contributed by atoms with Crippen LogP contribution in [0.1, 0.15) is 24.7 Å². The molecule has 0 unspecified atom stereocenters. The summed E-state index contributed by atoms with van der Waals surface area (Å²) in [7, 11) is 0. The van der Waals surface area contributed by atoms with E-state index in [1.165, 1.54) is 6.07 Å². The van der Waals surface area contributed by atoms with Gasteiger partial charge in [-0.15, -0.1) is 0 Å². The molecule has 3 rings (SSSR count). The van der Waals surface area contributed by atoms with Crippen molar-refractivity contribution in [2.75, 3.05) is 11.9 Å². The molecule has 0 saturated heterocycles. The number of carboxylic acid groups (broad SMARTS) is 1. The molecule has 2 aromatic rings. The Morgan fingerprint density at radius 1 is 1.29 bits per heavy atom. The summed E-state index contributed by atoms with van der Waals surface area (Å²) in [6.07, 6.45) is 1.79. The molecule has 3 N–H and O–H groups in total. The minimum absolute atomic E-state index is 0.0703. The van der Waals surface area contributed by atoms with E-state index in [2.05, 4.69) is 5.32 Å². The third-order valence-corrected chi connectivity index (χ3v) is 3.92. The molecular formula is C19H18FNO3. The van der Waals surface area contributed by atoms with Crippen molar-refractivity contribution in [1.82, 2.24) is 0 Å². The molecule has 0 aliphatic heterocycles. The molecule has 0 amide bonds. The Hall–Kier alpha value is -2.82. The van der Waals surface area contributed by atoms with E-state index in [0.717, 1.165) is 18.6 Å². The number of benzene rings is 2. The van der Waals surface area contributed by atoms with Gasteiger partial charge in [0, 0.05) is 12.1 Å². The van der Waals surface area contributed by atoms with Gasteiger partial charge in [0.2, 0.25) is 0 Å². The van der Waals surface area contributed by atoms with Crippen molar-refractivity contribution in [2.45, 2.75) is 19.3 Å². The molecule has 24 heavy (non-hydrogen) atoms. The zero-order chi connectivity index (χ0) is 20.6. The van der Waals surface area contributed by atoms with Crippen LogP contribution >= 0.6 is 0 Å². The number of phenolic OH excluding ortho intramolecular Hbond substituents is 1. The second-order valence-corrected chi connectivity index (χ2v) is 5.49. The van der Waals surface area contributed by atoms with Crippen molar-refractivity contribution in [3.8, 4) is 16.9 Å². The summed E-state index contributed by atoms with van der Waals surface area (Å²) in [5, 5.41) is 21.7. The zero-order valence-corrected chi connectivity index (χ0v) is 12.7. The Morgan fingerprint density at radius 3 is 2.88 bits per heavy atom. The largest absolute Gasteiger partial charge is 0.508 e. The van der Waals surface area contributed by atoms with Crippen LogP contribution in [-0.4, -0.2) is 22.7 Å². The summed E-state index contributed by atoms with van der Waals surface area (Å²) in [4.78, 5) is 11.2. The van der Waals surface area contributed by atoms with Gasteiger partial charge in [0.05, 0.1) is 11.2 Å². The first-order valence-electron chi connectivity index (χ1n) is 9.49. The van der Waals surface area contributed by atoms with Crippen molar-refractivity contribution >= 4 is 11.7 Å². The molecule has 124 valence electrons. The highest BCUT2D eigenvalue weighted by Crippen LogP contribution is 2.29. The van der Waals surface area contributed by atoms with Crippen molar-refractivity contribution in [3.63, 3.8) is 0 Å². The van der Waals surface area contributed by atoms with E-state index < -0.39 is 23.6 Å². The molecule has 4 nitrogen and oxygen atoms in total. The van der Waals surface area contributed by atoms with Crippen molar-refractivity contribution < 1.29 is 24.9 Å². The Balaban J connectivity index is 1.94. The maximum absolute atomic E-state index is 14.6. The fourth-order valence-electron chi connectivity index (χ4n) is 2.73. The average Bonchev–Trinajstić information content (AvgIpc) is 3.08. The molecule has 0 atom stereocenters. The summed E-state index contributed by atoms with van der Waals surface area (Å²) in [5.41, 5.74) is 0.893. The van der Waals surface area contributed by atoms with Gasteiger partial charge in [0.25, 0.3) is 0 Å². The van der Waals surface area contributed by atoms with Gasteiger partial charge in [-0.05, 0) is 60.2 Å². The number of hydrogen-bond acceptors (Lipinski definition) is 3. The van der Waals surface area contributed by atoms with E-state index in [4.69, 9.17) is 5.48 Å². The monoisotopic (exact) mass is 331 g/mol. The molecule has 0 bridgehead atoms. The van der Waals surface area contributed by atoms with Crippen molar-refractivity contribution in [1.29, 1.82) is 0 Å². The number of nitrogens with one attached hydrogen (secondary N) is 1. The van der Waals surface area contributed by atoms with Crippen LogP contribution in [0.4, 0.5) is 10.1 Å². The quantitative estimate of drug-likeness (QED) is 0.769. The summed E-state index contributed by atoms with van der Waals surface area (Å²) in [6, 6.07) is 2.07. The van der Waals surface area contributed by atoms with Gasteiger partial charge >= 0.3 is 5.97 Å². The SMILES string of the molecule is [2H]c1cc([2H])c(-c2cc([2H])c(NCC3=C(C(=O)O)CCC3)c(F)c2)c([2H])c1O. The van der Waals surface area contributed by atoms with Gasteiger partial charge in [-0.25, -0.2) is 9.18 Å². The molecule has 0 aromatic heterocycles. The Bertz CT molecular complexity index is 984. The first kappa shape index (κ1) is 11.7. The second-order valence-electron chi connectivity index (χ2n) is 5.49. The lowest BCUT2D eigenvalue weighted by Gasteiger charge is -2.11. The maximum atomic E-state index is 14.6. The van der Waals surface area contributed by atoms with Crippen LogP contribution in [-0.2, 0) is 4.79 Å². The second kappa shape index (κ2) is 6.74. The van der Waals surface area contributed by atoms with Crippen LogP contribution in [0.25, 0.3) is 11.1 Å². The number of hydrogen-bond donors (Lipinski definition) is 3. The molecule has 0 heterocycles. The van der Waals surface area contributed by atoms with Gasteiger partial charge in [0.15, 0.2) is 0 Å². The summed E-state index contributed by atoms with van der Waals surface area (Å²) in [5.74, 6) is -2.39. The summed E-state index contributed by atoms with van der Waals surface area (Å²) in [6.45, 7) is 0.117. The normalized spacial score (nSPS) is 16.4. The standard InChI is InChI=1S/C19H18FNO3/c20-17-10-13(12-3-1-5-15(22)9-12)7-8-18(17)21-11-14-4-2-6-16(14)19(23)24/h1,3,5,7-10,21-22H,2,4,6,11H2,(H,23,24)/i3D,5D,8D,9D. The lowest BCUT2D eigenvalue weighted by molar-refractivity contribution is -0.132. The highest BCUT2D eigenvalue weighted by molar-refractivity contribution is 5.88. The fraction of sp³-hybridized carbons (Fsp3) is 0.211. The first-order valence-corrected chi connectivity index (χ1v) is 7.49. The van der Waals surface area contributed by atoms with Gasteiger partial charge in [-0.1, -0.05) is 18.2 Å². The Kier molecular flexibility index (Phi) is 3.28. The van der Waals surface area contributed by atoms with E-state index in [9.17, 15) is 19.4 Å². The topological polar surface area (TPSA) is 69.6 Å². The zero-order valence-electron chi connectivity index (χ0n) is 16.7. The minimum Gasteiger partial charge on any atom is -0.508 e. The highest BCUT2D eigenvalue weighted by atomic mass is 19.1. The van der Waals surface area contributed by atoms with Crippen LogP contribution in [0.15, 0.2) is 53.5 Å². The number of anilines is 1. The van der Waals surface area contributed by atoms with Crippen molar-refractivity contribution in [3.05, 3.63) is 59.3 Å². The Morgan fingerprint density at radius 2 is 2.12 bits per heavy atom. The average molecular weight is 331 g/mol. The molecular weight excluding hydrogens is 309 g/mol. The summed E-state index contributed by atoms with van der Waals surface area (Å²) >= 11 is 0. The number of aromatic hydroxyl groups is 1. The predicted molar refractivity (Wildman–Crippen MR) is 90.5 cm³/mol. The number of rotatable bonds is 5. The van der Waals surface area contributed by atoms with E-state index in [0.29, 0.717) is 24.0 Å². The van der Waals surface area contributed by atoms with Gasteiger partial charge in [-0.2, -0.15) is 0 Å². The molecule has 5 heteroatoms. The number of aliphatic carboxylic acids is 1. The Labute approximate surface area is 144 Å². The first-order chi connectivity index (χ1) is 13.2. The number of phenols is 1. The third kappa shape index (κ3) is 3.40. The van der Waals surface area contributed by atoms with Crippen LogP contribution in [0, 0.1) is 5.82 Å². The lowest BCUT2D eigenvalue weighted by atomic mass is 10.0. The van der Waals surface area contributed by atoms with Gasteiger partial charge < -0.3 is 15.5 Å². The molecule has 1 aliphatic rings. The molecule has 0 saturated carbocycles. The van der Waals surface area contributed by atoms with Crippen molar-refractivity contribution in [2.24, 2.45) is 0 Å². The number of carboxylic acids is 1. The number of carbonyl (C=O) groups is 1. The van der Waals surface area contributed by atoms with Crippen LogP contribution in [0.5, 0.6) is 5.75 Å². The molecule has 0 fully saturated rings. The lowest BCUT2D eigenvalue weighted by Crippen LogP contribution is -2.09. The maximum Gasteiger partial charge on any atom is 0.331 e. The van der Waals surface area contributed by atoms with E-state index >= 15 is 0 Å². The molecule has 0 radical (unpaired) electrons. The number of halogens is 1. The van der Waals surface area contributed by atoms with E-state index in [-0.39, 0.29) is 41.5 Å². The smallest absolute Gasteiger partial charge is 0.331 e. The van der Waals surface area contributed by atoms with E-state index in [1.54, 1.807) is 0 Å². The summed E-state index contributed by atoms with van der Waals surface area (Å²) < 4.78 is 46.1. The van der Waals surface area contributed by atoms with Gasteiger partial charge in [-0.3, -0.25) is 0 Å². The fourth-order valence-corrected chi connectivity index (χ4v) is 2.73. The van der Waals surface area contributed by atoms with Gasteiger partial charge in [0.1, 0.15) is 11.6 Å². The highest BCUT2D eigenvalue weighted by Gasteiger charge is 2.20. The molecule has 0 spiro atoms. The molecule has 2 aromatic carbocycles. The van der Waals surface area contributed by atoms with Crippen LogP contribution in [0.3, 0.4) is 0 Å². The van der Waals surface area contributed by atoms with Crippen LogP contribution < -0.4 is 5.32 Å². The molecule has 1 aliphatic carbocycles. The third-order valence-electron chi connectivity index (χ3n) is 3.92. The minimum atomic E-state index is -0.986. The van der Waals surface area contributed by atoms with Crippen LogP contribution in [0.2, 0.25) is 0 Å². The van der Waals surface area contributed by atoms with E-state index in [1.807, 2.05) is 0 Å².